The lowest BCUT2D eigenvalue weighted by atomic mass is 10.1. The summed E-state index contributed by atoms with van der Waals surface area (Å²) in [4.78, 5) is 24.1. The van der Waals surface area contributed by atoms with Gasteiger partial charge in [0.25, 0.3) is 0 Å². The molecule has 7 nitrogen and oxygen atoms in total. The fraction of sp³-hybridized carbons (Fsp3) is 0.444. The number of aromatic nitrogens is 2. The van der Waals surface area contributed by atoms with Crippen molar-refractivity contribution in [3.05, 3.63) is 29.3 Å². The molecule has 0 fully saturated rings. The maximum Gasteiger partial charge on any atom is 0.226 e. The molecule has 1 aromatic heterocycles. The highest BCUT2D eigenvalue weighted by atomic mass is 32.1. The topological polar surface area (TPSA) is 93.2 Å². The van der Waals surface area contributed by atoms with Gasteiger partial charge in [0, 0.05) is 19.3 Å². The van der Waals surface area contributed by atoms with Gasteiger partial charge in [0.05, 0.1) is 12.3 Å². The molecule has 140 valence electrons. The Balaban J connectivity index is 1.80. The summed E-state index contributed by atoms with van der Waals surface area (Å²) in [5, 5.41) is 14.8. The van der Waals surface area contributed by atoms with Gasteiger partial charge in [-0.3, -0.25) is 9.59 Å². The Kier molecular flexibility index (Phi) is 7.53. The minimum Gasteiger partial charge on any atom is -0.492 e. The second-order valence-electron chi connectivity index (χ2n) is 6.12. The molecule has 2 aromatic rings. The number of hydrogen-bond acceptors (Lipinski definition) is 6. The fourth-order valence-corrected chi connectivity index (χ4v) is 3.18. The number of anilines is 2. The lowest BCUT2D eigenvalue weighted by molar-refractivity contribution is -0.121. The molecule has 0 aliphatic rings. The zero-order valence-corrected chi connectivity index (χ0v) is 16.1. The van der Waals surface area contributed by atoms with Gasteiger partial charge in [0.2, 0.25) is 16.9 Å². The van der Waals surface area contributed by atoms with Crippen molar-refractivity contribution in [1.82, 2.24) is 10.2 Å². The molecule has 8 heteroatoms. The van der Waals surface area contributed by atoms with Crippen LogP contribution >= 0.6 is 11.3 Å². The quantitative estimate of drug-likeness (QED) is 0.699. The number of amides is 2. The van der Waals surface area contributed by atoms with Crippen molar-refractivity contribution in [2.24, 2.45) is 5.92 Å². The van der Waals surface area contributed by atoms with Crippen LogP contribution < -0.4 is 15.4 Å². The largest absolute Gasteiger partial charge is 0.492 e. The van der Waals surface area contributed by atoms with Crippen molar-refractivity contribution in [3.63, 3.8) is 0 Å². The number of ether oxygens (including phenoxy) is 1. The van der Waals surface area contributed by atoms with E-state index in [1.165, 1.54) is 11.3 Å². The van der Waals surface area contributed by atoms with Crippen LogP contribution in [0.2, 0.25) is 0 Å². The first kappa shape index (κ1) is 19.8. The summed E-state index contributed by atoms with van der Waals surface area (Å²) in [6.07, 6.45) is 0.973. The average molecular weight is 376 g/mol. The third-order valence-electron chi connectivity index (χ3n) is 3.34. The second-order valence-corrected chi connectivity index (χ2v) is 7.19. The number of rotatable bonds is 9. The summed E-state index contributed by atoms with van der Waals surface area (Å²) in [5.41, 5.74) is 0.599. The average Bonchev–Trinajstić information content (AvgIpc) is 3.01. The smallest absolute Gasteiger partial charge is 0.226 e. The summed E-state index contributed by atoms with van der Waals surface area (Å²) < 4.78 is 5.46. The number of benzene rings is 1. The zero-order valence-electron chi connectivity index (χ0n) is 15.2. The molecular weight excluding hydrogens is 352 g/mol. The molecule has 0 atom stereocenters. The van der Waals surface area contributed by atoms with Gasteiger partial charge in [-0.15, -0.1) is 10.2 Å². The summed E-state index contributed by atoms with van der Waals surface area (Å²) in [6.45, 7) is 6.59. The van der Waals surface area contributed by atoms with E-state index in [9.17, 15) is 9.59 Å². The van der Waals surface area contributed by atoms with Crippen LogP contribution in [0.5, 0.6) is 5.75 Å². The number of carbonyl (C=O) groups is 2. The van der Waals surface area contributed by atoms with Gasteiger partial charge in [-0.2, -0.15) is 0 Å². The fourth-order valence-electron chi connectivity index (χ4n) is 2.21. The van der Waals surface area contributed by atoms with E-state index in [0.717, 1.165) is 11.4 Å². The van der Waals surface area contributed by atoms with Crippen molar-refractivity contribution >= 4 is 34.0 Å². The molecule has 1 heterocycles. The first-order chi connectivity index (χ1) is 12.5. The van der Waals surface area contributed by atoms with E-state index in [2.05, 4.69) is 34.7 Å². The monoisotopic (exact) mass is 376 g/mol. The van der Waals surface area contributed by atoms with Crippen LogP contribution in [0.1, 0.15) is 38.6 Å². The minimum absolute atomic E-state index is 0.0712. The lowest BCUT2D eigenvalue weighted by Crippen LogP contribution is -2.17. The van der Waals surface area contributed by atoms with Crippen LogP contribution in [-0.2, 0) is 16.0 Å². The summed E-state index contributed by atoms with van der Waals surface area (Å²) in [7, 11) is 0. The highest BCUT2D eigenvalue weighted by Gasteiger charge is 2.12. The molecule has 2 N–H and O–H groups in total. The Morgan fingerprint density at radius 3 is 2.50 bits per heavy atom. The van der Waals surface area contributed by atoms with Gasteiger partial charge in [-0.1, -0.05) is 37.3 Å². The van der Waals surface area contributed by atoms with E-state index in [-0.39, 0.29) is 24.7 Å². The SMILES string of the molecule is CCOc1ccccc1NC(=O)CCC(=O)Nc1nnc(CC(C)C)s1. The van der Waals surface area contributed by atoms with Gasteiger partial charge >= 0.3 is 0 Å². The highest BCUT2D eigenvalue weighted by Crippen LogP contribution is 2.24. The highest BCUT2D eigenvalue weighted by molar-refractivity contribution is 7.15. The van der Waals surface area contributed by atoms with Gasteiger partial charge in [-0.25, -0.2) is 0 Å². The first-order valence-corrected chi connectivity index (χ1v) is 9.43. The molecule has 0 radical (unpaired) electrons. The minimum atomic E-state index is -0.259. The normalized spacial score (nSPS) is 10.6. The van der Waals surface area contributed by atoms with Crippen LogP contribution in [0.3, 0.4) is 0 Å². The zero-order chi connectivity index (χ0) is 18.9. The molecule has 0 saturated heterocycles. The van der Waals surface area contributed by atoms with E-state index in [1.54, 1.807) is 12.1 Å². The Morgan fingerprint density at radius 2 is 1.81 bits per heavy atom. The maximum absolute atomic E-state index is 12.1. The second kappa shape index (κ2) is 9.86. The van der Waals surface area contributed by atoms with Gasteiger partial charge in [0.15, 0.2) is 0 Å². The predicted molar refractivity (Wildman–Crippen MR) is 103 cm³/mol. The molecule has 26 heavy (non-hydrogen) atoms. The van der Waals surface area contributed by atoms with E-state index >= 15 is 0 Å². The molecule has 0 aliphatic heterocycles. The Hall–Kier alpha value is -2.48. The maximum atomic E-state index is 12.1. The van der Waals surface area contributed by atoms with Gasteiger partial charge in [0.1, 0.15) is 10.8 Å². The van der Waals surface area contributed by atoms with Crippen molar-refractivity contribution in [2.75, 3.05) is 17.2 Å². The molecular formula is C18H24N4O3S. The van der Waals surface area contributed by atoms with Crippen LogP contribution in [0.15, 0.2) is 24.3 Å². The number of nitrogens with zero attached hydrogens (tertiary/aromatic N) is 2. The van der Waals surface area contributed by atoms with Crippen LogP contribution in [-0.4, -0.2) is 28.6 Å². The molecule has 2 amide bonds. The van der Waals surface area contributed by atoms with Crippen molar-refractivity contribution < 1.29 is 14.3 Å². The third-order valence-corrected chi connectivity index (χ3v) is 4.20. The molecule has 0 unspecified atom stereocenters. The van der Waals surface area contributed by atoms with E-state index in [1.807, 2.05) is 19.1 Å². The summed E-state index contributed by atoms with van der Waals surface area (Å²) in [6, 6.07) is 7.20. The Bertz CT molecular complexity index is 746. The third kappa shape index (κ3) is 6.44. The van der Waals surface area contributed by atoms with Gasteiger partial charge < -0.3 is 15.4 Å². The van der Waals surface area contributed by atoms with Crippen molar-refractivity contribution in [2.45, 2.75) is 40.0 Å². The number of hydrogen-bond donors (Lipinski definition) is 2. The number of para-hydroxylation sites is 2. The summed E-state index contributed by atoms with van der Waals surface area (Å²) in [5.74, 6) is 0.588. The number of nitrogens with one attached hydrogen (secondary N) is 2. The van der Waals surface area contributed by atoms with Crippen molar-refractivity contribution in [3.8, 4) is 5.75 Å². The van der Waals surface area contributed by atoms with Gasteiger partial charge in [-0.05, 0) is 25.0 Å². The summed E-state index contributed by atoms with van der Waals surface area (Å²) >= 11 is 1.36. The van der Waals surface area contributed by atoms with E-state index < -0.39 is 0 Å². The Morgan fingerprint density at radius 1 is 1.12 bits per heavy atom. The first-order valence-electron chi connectivity index (χ1n) is 8.61. The molecule has 2 rings (SSSR count). The van der Waals surface area contributed by atoms with Crippen LogP contribution in [0.25, 0.3) is 0 Å². The van der Waals surface area contributed by atoms with E-state index in [0.29, 0.717) is 29.1 Å². The van der Waals surface area contributed by atoms with Crippen molar-refractivity contribution in [1.29, 1.82) is 0 Å². The number of carbonyl (C=O) groups excluding carboxylic acids is 2. The van der Waals surface area contributed by atoms with E-state index in [4.69, 9.17) is 4.74 Å². The Labute approximate surface area is 157 Å². The standard InChI is InChI=1S/C18H24N4O3S/c1-4-25-14-8-6-5-7-13(14)19-15(23)9-10-16(24)20-18-22-21-17(26-18)11-12(2)3/h5-8,12H,4,9-11H2,1-3H3,(H,19,23)(H,20,22,24). The lowest BCUT2D eigenvalue weighted by Gasteiger charge is -2.11. The molecule has 0 saturated carbocycles. The molecule has 0 bridgehead atoms. The van der Waals surface area contributed by atoms with Crippen LogP contribution in [0.4, 0.5) is 10.8 Å². The molecule has 1 aromatic carbocycles. The molecule has 0 aliphatic carbocycles. The van der Waals surface area contributed by atoms with Crippen LogP contribution in [0, 0.1) is 5.92 Å². The predicted octanol–water partition coefficient (Wildman–Crippen LogP) is 3.49. The molecule has 0 spiro atoms.